The second-order valence-corrected chi connectivity index (χ2v) is 4.99. The lowest BCUT2D eigenvalue weighted by Crippen LogP contribution is -2.21. The topological polar surface area (TPSA) is 48.3 Å². The molecule has 1 aliphatic rings. The van der Waals surface area contributed by atoms with Gasteiger partial charge >= 0.3 is 0 Å². The maximum Gasteiger partial charge on any atom is 0.202 e. The van der Waals surface area contributed by atoms with Gasteiger partial charge < -0.3 is 19.4 Å². The summed E-state index contributed by atoms with van der Waals surface area (Å²) in [6.45, 7) is 3.08. The van der Waals surface area contributed by atoms with Crippen molar-refractivity contribution in [1.29, 1.82) is 0 Å². The van der Waals surface area contributed by atoms with Crippen LogP contribution in [-0.2, 0) is 16.0 Å². The summed E-state index contributed by atoms with van der Waals surface area (Å²) in [5.41, 5.74) is 0. The normalized spacial score (nSPS) is 16.7. The zero-order chi connectivity index (χ0) is 13.3. The van der Waals surface area contributed by atoms with Gasteiger partial charge in [0.1, 0.15) is 0 Å². The van der Waals surface area contributed by atoms with Crippen molar-refractivity contribution in [3.05, 3.63) is 12.4 Å². The predicted octanol–water partition coefficient (Wildman–Crippen LogP) is 2.29. The van der Waals surface area contributed by atoms with Crippen LogP contribution >= 0.6 is 0 Å². The van der Waals surface area contributed by atoms with E-state index in [4.69, 9.17) is 9.47 Å². The minimum atomic E-state index is 0.476. The number of hydrogen-bond acceptors (Lipinski definition) is 4. The largest absolute Gasteiger partial charge is 0.383 e. The van der Waals surface area contributed by atoms with Crippen LogP contribution in [0.2, 0.25) is 0 Å². The summed E-state index contributed by atoms with van der Waals surface area (Å²) in [5.74, 6) is 0.893. The van der Waals surface area contributed by atoms with E-state index in [1.54, 1.807) is 13.3 Å². The standard InChI is InChI=1S/C14H25N3O2/c1-18-12-10-17-9-7-15-14(17)16-8-11-19-13-5-3-2-4-6-13/h7,9,13H,2-6,8,10-12H2,1H3,(H,15,16). The number of nitrogens with one attached hydrogen (secondary N) is 1. The molecule has 1 saturated carbocycles. The Balaban J connectivity index is 1.63. The van der Waals surface area contributed by atoms with Crippen LogP contribution in [0.15, 0.2) is 12.4 Å². The van der Waals surface area contributed by atoms with Crippen molar-refractivity contribution in [2.45, 2.75) is 44.8 Å². The third kappa shape index (κ3) is 4.84. The lowest BCUT2D eigenvalue weighted by molar-refractivity contribution is 0.0347. The monoisotopic (exact) mass is 267 g/mol. The molecule has 0 radical (unpaired) electrons. The summed E-state index contributed by atoms with van der Waals surface area (Å²) in [4.78, 5) is 4.29. The zero-order valence-electron chi connectivity index (χ0n) is 11.8. The molecule has 0 atom stereocenters. The first-order valence-corrected chi connectivity index (χ1v) is 7.25. The highest BCUT2D eigenvalue weighted by atomic mass is 16.5. The van der Waals surface area contributed by atoms with Gasteiger partial charge in [0.2, 0.25) is 5.95 Å². The van der Waals surface area contributed by atoms with Gasteiger partial charge in [-0.2, -0.15) is 0 Å². The smallest absolute Gasteiger partial charge is 0.202 e. The Bertz CT molecular complexity index is 348. The first-order chi connectivity index (χ1) is 9.40. The third-order valence-corrected chi connectivity index (χ3v) is 3.54. The van der Waals surface area contributed by atoms with Crippen molar-refractivity contribution >= 4 is 5.95 Å². The molecule has 1 fully saturated rings. The van der Waals surface area contributed by atoms with E-state index in [9.17, 15) is 0 Å². The van der Waals surface area contributed by atoms with E-state index in [-0.39, 0.29) is 0 Å². The van der Waals surface area contributed by atoms with Crippen molar-refractivity contribution in [3.63, 3.8) is 0 Å². The average Bonchev–Trinajstić information content (AvgIpc) is 2.90. The second-order valence-electron chi connectivity index (χ2n) is 4.99. The first kappa shape index (κ1) is 14.3. The summed E-state index contributed by atoms with van der Waals surface area (Å²) in [6.07, 6.45) is 10.7. The highest BCUT2D eigenvalue weighted by Crippen LogP contribution is 2.19. The van der Waals surface area contributed by atoms with Crippen LogP contribution in [-0.4, -0.2) is 42.5 Å². The molecule has 19 heavy (non-hydrogen) atoms. The molecule has 0 spiro atoms. The fourth-order valence-electron chi connectivity index (χ4n) is 2.47. The van der Waals surface area contributed by atoms with E-state index in [1.807, 2.05) is 6.20 Å². The molecule has 2 rings (SSSR count). The molecule has 108 valence electrons. The van der Waals surface area contributed by atoms with Crippen LogP contribution < -0.4 is 5.32 Å². The molecule has 0 aliphatic heterocycles. The number of ether oxygens (including phenoxy) is 2. The quantitative estimate of drug-likeness (QED) is 0.734. The number of methoxy groups -OCH3 is 1. The van der Waals surface area contributed by atoms with Gasteiger partial charge in [0.05, 0.1) is 19.3 Å². The minimum absolute atomic E-state index is 0.476. The highest BCUT2D eigenvalue weighted by Gasteiger charge is 2.13. The summed E-state index contributed by atoms with van der Waals surface area (Å²) in [5, 5.41) is 3.31. The van der Waals surface area contributed by atoms with Crippen molar-refractivity contribution in [2.24, 2.45) is 0 Å². The van der Waals surface area contributed by atoms with Crippen LogP contribution in [0.25, 0.3) is 0 Å². The Kier molecular flexibility index (Phi) is 6.17. The predicted molar refractivity (Wildman–Crippen MR) is 75.4 cm³/mol. The Morgan fingerprint density at radius 3 is 2.95 bits per heavy atom. The molecule has 1 aliphatic carbocycles. The van der Waals surface area contributed by atoms with E-state index in [2.05, 4.69) is 14.9 Å². The summed E-state index contributed by atoms with van der Waals surface area (Å²) < 4.78 is 13.0. The Hall–Kier alpha value is -1.07. The van der Waals surface area contributed by atoms with E-state index in [0.29, 0.717) is 12.7 Å². The third-order valence-electron chi connectivity index (χ3n) is 3.54. The molecule has 5 heteroatoms. The lowest BCUT2D eigenvalue weighted by atomic mass is 9.98. The van der Waals surface area contributed by atoms with Crippen LogP contribution in [0.1, 0.15) is 32.1 Å². The van der Waals surface area contributed by atoms with Gasteiger partial charge in [0, 0.05) is 32.6 Å². The Labute approximate surface area is 115 Å². The fraction of sp³-hybridized carbons (Fsp3) is 0.786. The van der Waals surface area contributed by atoms with E-state index < -0.39 is 0 Å². The van der Waals surface area contributed by atoms with Crippen LogP contribution in [0.5, 0.6) is 0 Å². The molecule has 1 aromatic rings. The molecule has 1 heterocycles. The van der Waals surface area contributed by atoms with E-state index in [0.717, 1.165) is 25.6 Å². The second kappa shape index (κ2) is 8.17. The van der Waals surface area contributed by atoms with Gasteiger partial charge in [-0.05, 0) is 12.8 Å². The Morgan fingerprint density at radius 1 is 1.32 bits per heavy atom. The first-order valence-electron chi connectivity index (χ1n) is 7.25. The maximum atomic E-state index is 5.88. The molecule has 0 unspecified atom stereocenters. The average molecular weight is 267 g/mol. The number of rotatable bonds is 8. The number of aromatic nitrogens is 2. The minimum Gasteiger partial charge on any atom is -0.383 e. The summed E-state index contributed by atoms with van der Waals surface area (Å²) in [7, 11) is 1.71. The number of hydrogen-bond donors (Lipinski definition) is 1. The molecular formula is C14H25N3O2. The van der Waals surface area contributed by atoms with Gasteiger partial charge in [-0.3, -0.25) is 0 Å². The van der Waals surface area contributed by atoms with E-state index in [1.165, 1.54) is 32.1 Å². The van der Waals surface area contributed by atoms with Crippen molar-refractivity contribution in [1.82, 2.24) is 9.55 Å². The molecule has 0 aromatic carbocycles. The van der Waals surface area contributed by atoms with Crippen LogP contribution in [0, 0.1) is 0 Å². The number of anilines is 1. The van der Waals surface area contributed by atoms with Gasteiger partial charge in [-0.1, -0.05) is 19.3 Å². The van der Waals surface area contributed by atoms with Crippen molar-refractivity contribution in [3.8, 4) is 0 Å². The molecular weight excluding hydrogens is 242 g/mol. The molecule has 1 N–H and O–H groups in total. The van der Waals surface area contributed by atoms with Crippen molar-refractivity contribution < 1.29 is 9.47 Å². The Morgan fingerprint density at radius 2 is 2.16 bits per heavy atom. The van der Waals surface area contributed by atoms with Crippen molar-refractivity contribution in [2.75, 3.05) is 32.2 Å². The highest BCUT2D eigenvalue weighted by molar-refractivity contribution is 5.25. The number of nitrogens with zero attached hydrogens (tertiary/aromatic N) is 2. The lowest BCUT2D eigenvalue weighted by Gasteiger charge is -2.22. The summed E-state index contributed by atoms with van der Waals surface area (Å²) in [6, 6.07) is 0. The van der Waals surface area contributed by atoms with Gasteiger partial charge in [0.25, 0.3) is 0 Å². The molecule has 0 bridgehead atoms. The molecule has 1 aromatic heterocycles. The molecule has 5 nitrogen and oxygen atoms in total. The maximum absolute atomic E-state index is 5.88. The van der Waals surface area contributed by atoms with Crippen LogP contribution in [0.4, 0.5) is 5.95 Å². The summed E-state index contributed by atoms with van der Waals surface area (Å²) >= 11 is 0. The van der Waals surface area contributed by atoms with Gasteiger partial charge in [-0.25, -0.2) is 4.98 Å². The van der Waals surface area contributed by atoms with Crippen LogP contribution in [0.3, 0.4) is 0 Å². The fourth-order valence-corrected chi connectivity index (χ4v) is 2.47. The zero-order valence-corrected chi connectivity index (χ0v) is 11.8. The number of imidazole rings is 1. The SMILES string of the molecule is COCCn1ccnc1NCCOC1CCCCC1. The van der Waals surface area contributed by atoms with Gasteiger partial charge in [0.15, 0.2) is 0 Å². The molecule has 0 amide bonds. The molecule has 0 saturated heterocycles. The van der Waals surface area contributed by atoms with Gasteiger partial charge in [-0.15, -0.1) is 0 Å². The van der Waals surface area contributed by atoms with E-state index >= 15 is 0 Å².